The normalized spacial score (nSPS) is 19.1. The summed E-state index contributed by atoms with van der Waals surface area (Å²) in [6.45, 7) is 0.519. The number of piperidine rings is 1. The van der Waals surface area contributed by atoms with Gasteiger partial charge in [0.25, 0.3) is 0 Å². The number of aromatic nitrogens is 1. The minimum absolute atomic E-state index is 0.0470. The molecule has 0 saturated carbocycles. The molecule has 6 nitrogen and oxygen atoms in total. The zero-order chi connectivity index (χ0) is 19.8. The maximum Gasteiger partial charge on any atom is 0.243 e. The van der Waals surface area contributed by atoms with Crippen molar-refractivity contribution in [1.82, 2.24) is 9.29 Å². The maximum absolute atomic E-state index is 12.9. The van der Waals surface area contributed by atoms with E-state index in [1.54, 1.807) is 0 Å². The third-order valence-corrected chi connectivity index (χ3v) is 7.93. The van der Waals surface area contributed by atoms with E-state index < -0.39 is 19.9 Å². The van der Waals surface area contributed by atoms with Crippen molar-refractivity contribution in [3.63, 3.8) is 0 Å². The first-order valence-electron chi connectivity index (χ1n) is 8.20. The minimum Gasteiger partial charge on any atom is -0.258 e. The van der Waals surface area contributed by atoms with Crippen LogP contribution < -0.4 is 0 Å². The fourth-order valence-electron chi connectivity index (χ4n) is 3.17. The summed E-state index contributed by atoms with van der Waals surface area (Å²) in [4.78, 5) is 4.42. The van der Waals surface area contributed by atoms with Crippen molar-refractivity contribution in [2.45, 2.75) is 28.6 Å². The van der Waals surface area contributed by atoms with Crippen molar-refractivity contribution in [1.29, 1.82) is 0 Å². The molecule has 2 heterocycles. The van der Waals surface area contributed by atoms with Crippen LogP contribution in [0.1, 0.15) is 24.5 Å². The molecule has 146 valence electrons. The van der Waals surface area contributed by atoms with Gasteiger partial charge < -0.3 is 0 Å². The molecule has 1 atom stereocenters. The standard InChI is InChI=1S/C17H18Cl2N2O4S2/c1-26(22,23)16-9-14(19)10-20-17(16)12-3-2-8-21(11-12)27(24,25)15-6-4-13(18)5-7-15/h4-7,9-10,12H,2-3,8,11H2,1H3. The lowest BCUT2D eigenvalue weighted by molar-refractivity contribution is 0.310. The Morgan fingerprint density at radius 3 is 2.37 bits per heavy atom. The van der Waals surface area contributed by atoms with E-state index in [1.165, 1.54) is 40.8 Å². The van der Waals surface area contributed by atoms with Gasteiger partial charge in [-0.1, -0.05) is 23.2 Å². The van der Waals surface area contributed by atoms with Gasteiger partial charge in [-0.05, 0) is 43.2 Å². The van der Waals surface area contributed by atoms with Crippen LogP contribution in [0, 0.1) is 0 Å². The van der Waals surface area contributed by atoms with E-state index in [1.807, 2.05) is 0 Å². The Balaban J connectivity index is 1.95. The molecule has 27 heavy (non-hydrogen) atoms. The predicted octanol–water partition coefficient (Wildman–Crippen LogP) is 3.36. The molecule has 1 aliphatic heterocycles. The van der Waals surface area contributed by atoms with Crippen molar-refractivity contribution < 1.29 is 16.8 Å². The van der Waals surface area contributed by atoms with Crippen LogP contribution in [-0.4, -0.2) is 45.5 Å². The second kappa shape index (κ2) is 7.67. The summed E-state index contributed by atoms with van der Waals surface area (Å²) >= 11 is 11.8. The van der Waals surface area contributed by atoms with Crippen molar-refractivity contribution in [3.8, 4) is 0 Å². The van der Waals surface area contributed by atoms with Gasteiger partial charge >= 0.3 is 0 Å². The van der Waals surface area contributed by atoms with E-state index in [2.05, 4.69) is 4.98 Å². The third-order valence-electron chi connectivity index (χ3n) is 4.47. The first-order valence-corrected chi connectivity index (χ1v) is 12.3. The van der Waals surface area contributed by atoms with Crippen molar-refractivity contribution >= 4 is 43.1 Å². The highest BCUT2D eigenvalue weighted by atomic mass is 35.5. The van der Waals surface area contributed by atoms with Gasteiger partial charge in [0.1, 0.15) is 0 Å². The zero-order valence-electron chi connectivity index (χ0n) is 14.5. The van der Waals surface area contributed by atoms with E-state index in [0.29, 0.717) is 30.1 Å². The Morgan fingerprint density at radius 1 is 1.07 bits per heavy atom. The van der Waals surface area contributed by atoms with E-state index in [0.717, 1.165) is 6.26 Å². The van der Waals surface area contributed by atoms with Gasteiger partial charge in [0.05, 0.1) is 20.5 Å². The van der Waals surface area contributed by atoms with Gasteiger partial charge in [0.15, 0.2) is 9.84 Å². The zero-order valence-corrected chi connectivity index (χ0v) is 17.6. The summed E-state index contributed by atoms with van der Waals surface area (Å²) in [6.07, 6.45) is 3.72. The molecule has 1 unspecified atom stereocenters. The van der Waals surface area contributed by atoms with Gasteiger partial charge in [-0.3, -0.25) is 4.98 Å². The van der Waals surface area contributed by atoms with E-state index in [4.69, 9.17) is 23.2 Å². The first-order chi connectivity index (χ1) is 12.6. The predicted molar refractivity (Wildman–Crippen MR) is 105 cm³/mol. The molecule has 0 aliphatic carbocycles. The van der Waals surface area contributed by atoms with Gasteiger partial charge in [0, 0.05) is 36.5 Å². The lowest BCUT2D eigenvalue weighted by atomic mass is 9.95. The van der Waals surface area contributed by atoms with Crippen LogP contribution in [0.4, 0.5) is 0 Å². The summed E-state index contributed by atoms with van der Waals surface area (Å²) in [7, 11) is -7.25. The molecule has 1 aromatic heterocycles. The van der Waals surface area contributed by atoms with Crippen LogP contribution in [0.15, 0.2) is 46.3 Å². The van der Waals surface area contributed by atoms with Crippen LogP contribution in [0.25, 0.3) is 0 Å². The number of benzene rings is 1. The molecule has 0 bridgehead atoms. The van der Waals surface area contributed by atoms with Crippen molar-refractivity contribution in [2.75, 3.05) is 19.3 Å². The number of hydrogen-bond donors (Lipinski definition) is 0. The quantitative estimate of drug-likeness (QED) is 0.715. The highest BCUT2D eigenvalue weighted by Gasteiger charge is 2.33. The molecule has 0 spiro atoms. The fourth-order valence-corrected chi connectivity index (χ4v) is 5.99. The van der Waals surface area contributed by atoms with Gasteiger partial charge in [-0.15, -0.1) is 0 Å². The number of pyridine rings is 1. The fraction of sp³-hybridized carbons (Fsp3) is 0.353. The number of hydrogen-bond acceptors (Lipinski definition) is 5. The summed E-state index contributed by atoms with van der Waals surface area (Å²) in [6, 6.07) is 7.34. The van der Waals surface area contributed by atoms with Crippen LogP contribution in [0.5, 0.6) is 0 Å². The summed E-state index contributed by atoms with van der Waals surface area (Å²) in [5.41, 5.74) is 0.359. The largest absolute Gasteiger partial charge is 0.258 e. The molecule has 0 N–H and O–H groups in total. The molecule has 0 radical (unpaired) electrons. The number of sulfonamides is 1. The molecular weight excluding hydrogens is 431 g/mol. The average Bonchev–Trinajstić information content (AvgIpc) is 2.61. The molecule has 1 saturated heterocycles. The molecule has 0 amide bonds. The second-order valence-corrected chi connectivity index (χ2v) is 11.3. The number of sulfone groups is 1. The highest BCUT2D eigenvalue weighted by molar-refractivity contribution is 7.90. The molecule has 3 rings (SSSR count). The van der Waals surface area contributed by atoms with Gasteiger partial charge in [0.2, 0.25) is 10.0 Å². The Kier molecular flexibility index (Phi) is 5.84. The van der Waals surface area contributed by atoms with Gasteiger partial charge in [-0.2, -0.15) is 4.31 Å². The van der Waals surface area contributed by atoms with Crippen molar-refractivity contribution in [3.05, 3.63) is 52.3 Å². The van der Waals surface area contributed by atoms with E-state index in [9.17, 15) is 16.8 Å². The van der Waals surface area contributed by atoms with E-state index >= 15 is 0 Å². The summed E-state index contributed by atoms with van der Waals surface area (Å²) in [5.74, 6) is -0.331. The Morgan fingerprint density at radius 2 is 1.74 bits per heavy atom. The Bertz CT molecular complexity index is 1050. The lowest BCUT2D eigenvalue weighted by Crippen LogP contribution is -2.39. The molecule has 2 aromatic rings. The summed E-state index contributed by atoms with van der Waals surface area (Å²) < 4.78 is 51.5. The third kappa shape index (κ3) is 4.46. The Hall–Kier alpha value is -1.19. The van der Waals surface area contributed by atoms with E-state index in [-0.39, 0.29) is 27.3 Å². The second-order valence-electron chi connectivity index (χ2n) is 6.47. The monoisotopic (exact) mass is 448 g/mol. The van der Waals surface area contributed by atoms with Crippen LogP contribution in [0.2, 0.25) is 10.0 Å². The Labute approximate surface area is 169 Å². The molecule has 1 fully saturated rings. The smallest absolute Gasteiger partial charge is 0.243 e. The molecule has 10 heteroatoms. The highest BCUT2D eigenvalue weighted by Crippen LogP contribution is 2.33. The minimum atomic E-state index is -3.70. The topological polar surface area (TPSA) is 84.4 Å². The maximum atomic E-state index is 12.9. The molecule has 1 aromatic carbocycles. The average molecular weight is 449 g/mol. The number of rotatable bonds is 4. The van der Waals surface area contributed by atoms with Crippen LogP contribution in [-0.2, 0) is 19.9 Å². The SMILES string of the molecule is CS(=O)(=O)c1cc(Cl)cnc1C1CCCN(S(=O)(=O)c2ccc(Cl)cc2)C1. The van der Waals surface area contributed by atoms with Crippen LogP contribution >= 0.6 is 23.2 Å². The van der Waals surface area contributed by atoms with Gasteiger partial charge in [-0.25, -0.2) is 16.8 Å². The molecule has 1 aliphatic rings. The van der Waals surface area contributed by atoms with Crippen molar-refractivity contribution in [2.24, 2.45) is 0 Å². The summed E-state index contributed by atoms with van der Waals surface area (Å²) in [5, 5.41) is 0.675. The first kappa shape index (κ1) is 20.5. The number of nitrogens with zero attached hydrogens (tertiary/aromatic N) is 2. The number of halogens is 2. The lowest BCUT2D eigenvalue weighted by Gasteiger charge is -2.32. The van der Waals surface area contributed by atoms with Crippen LogP contribution in [0.3, 0.4) is 0 Å². The molecular formula is C17H18Cl2N2O4S2.